The lowest BCUT2D eigenvalue weighted by molar-refractivity contribution is -0.384. The fourth-order valence-electron chi connectivity index (χ4n) is 3.33. The number of thiophene rings is 1. The van der Waals surface area contributed by atoms with Crippen LogP contribution < -0.4 is 10.0 Å². The van der Waals surface area contributed by atoms with Crippen molar-refractivity contribution in [1.82, 2.24) is 14.5 Å². The van der Waals surface area contributed by atoms with E-state index in [1.165, 1.54) is 24.1 Å². The summed E-state index contributed by atoms with van der Waals surface area (Å²) in [6, 6.07) is 8.08. The second-order valence-electron chi connectivity index (χ2n) is 6.89. The highest BCUT2D eigenvalue weighted by molar-refractivity contribution is 7.89. The van der Waals surface area contributed by atoms with Crippen LogP contribution in [-0.4, -0.2) is 70.0 Å². The topological polar surface area (TPSA) is 108 Å². The minimum atomic E-state index is -3.75. The van der Waals surface area contributed by atoms with E-state index in [1.807, 2.05) is 11.4 Å². The molecule has 2 N–H and O–H groups in total. The first-order valence-electron chi connectivity index (χ1n) is 9.23. The highest BCUT2D eigenvalue weighted by atomic mass is 32.2. The summed E-state index contributed by atoms with van der Waals surface area (Å²) in [5, 5.41) is 16.7. The van der Waals surface area contributed by atoms with Crippen LogP contribution in [0.1, 0.15) is 10.9 Å². The van der Waals surface area contributed by atoms with Gasteiger partial charge in [-0.1, -0.05) is 6.07 Å². The van der Waals surface area contributed by atoms with E-state index in [4.69, 9.17) is 0 Å². The normalized spacial score (nSPS) is 17.2. The molecule has 0 spiro atoms. The quantitative estimate of drug-likeness (QED) is 0.478. The lowest BCUT2D eigenvalue weighted by atomic mass is 10.1. The molecule has 158 valence electrons. The first-order chi connectivity index (χ1) is 13.8. The van der Waals surface area contributed by atoms with Crippen molar-refractivity contribution in [1.29, 1.82) is 0 Å². The first kappa shape index (κ1) is 21.7. The third-order valence-electron chi connectivity index (χ3n) is 5.08. The number of rotatable bonds is 8. The van der Waals surface area contributed by atoms with Crippen molar-refractivity contribution in [2.75, 3.05) is 52.1 Å². The average molecular weight is 440 g/mol. The molecule has 0 radical (unpaired) electrons. The fourth-order valence-corrected chi connectivity index (χ4v) is 4.94. The molecule has 1 aliphatic heterocycles. The number of hydrogen-bond acceptors (Lipinski definition) is 8. The second kappa shape index (κ2) is 9.18. The van der Waals surface area contributed by atoms with Crippen LogP contribution in [0, 0.1) is 10.1 Å². The molecule has 0 bridgehead atoms. The SMILES string of the molecule is CNS(=O)(=O)c1ccc(NCC(c2cccs2)N2CCN(C)CC2)c([N+](=O)[O-])c1. The number of benzene rings is 1. The van der Waals surface area contributed by atoms with Crippen LogP contribution in [0.25, 0.3) is 0 Å². The first-order valence-corrected chi connectivity index (χ1v) is 11.6. The van der Waals surface area contributed by atoms with E-state index in [2.05, 4.69) is 33.0 Å². The second-order valence-corrected chi connectivity index (χ2v) is 9.76. The van der Waals surface area contributed by atoms with Gasteiger partial charge in [0.05, 0.1) is 15.9 Å². The summed E-state index contributed by atoms with van der Waals surface area (Å²) < 4.78 is 26.1. The van der Waals surface area contributed by atoms with Crippen molar-refractivity contribution in [2.45, 2.75) is 10.9 Å². The van der Waals surface area contributed by atoms with Gasteiger partial charge in [0.1, 0.15) is 5.69 Å². The molecular weight excluding hydrogens is 414 g/mol. The Morgan fingerprint density at radius 1 is 1.24 bits per heavy atom. The number of anilines is 1. The van der Waals surface area contributed by atoms with Gasteiger partial charge in [-0.2, -0.15) is 0 Å². The van der Waals surface area contributed by atoms with E-state index < -0.39 is 14.9 Å². The molecular formula is C18H25N5O4S2. The summed E-state index contributed by atoms with van der Waals surface area (Å²) in [4.78, 5) is 16.7. The average Bonchev–Trinajstić information content (AvgIpc) is 3.24. The molecule has 1 saturated heterocycles. The number of nitrogens with one attached hydrogen (secondary N) is 2. The van der Waals surface area contributed by atoms with E-state index in [9.17, 15) is 18.5 Å². The smallest absolute Gasteiger partial charge is 0.293 e. The molecule has 1 fully saturated rings. The molecule has 2 aromatic rings. The largest absolute Gasteiger partial charge is 0.378 e. The standard InChI is InChI=1S/C18H25N5O4S2/c1-19-29(26,27)14-5-6-15(16(12-14)23(24)25)20-13-17(18-4-3-11-28-18)22-9-7-21(2)8-10-22/h3-6,11-12,17,19-20H,7-10,13H2,1-2H3. The Morgan fingerprint density at radius 3 is 2.55 bits per heavy atom. The molecule has 0 saturated carbocycles. The maximum atomic E-state index is 12.0. The highest BCUT2D eigenvalue weighted by Gasteiger charge is 2.26. The van der Waals surface area contributed by atoms with Gasteiger partial charge in [0.2, 0.25) is 10.0 Å². The molecule has 0 aliphatic carbocycles. The molecule has 1 aromatic heterocycles. The van der Waals surface area contributed by atoms with Crippen LogP contribution in [-0.2, 0) is 10.0 Å². The van der Waals surface area contributed by atoms with Crippen LogP contribution in [0.15, 0.2) is 40.6 Å². The minimum Gasteiger partial charge on any atom is -0.378 e. The van der Waals surface area contributed by atoms with Gasteiger partial charge in [0.15, 0.2) is 0 Å². The predicted molar refractivity (Wildman–Crippen MR) is 114 cm³/mol. The van der Waals surface area contributed by atoms with Crippen LogP contribution >= 0.6 is 11.3 Å². The maximum Gasteiger partial charge on any atom is 0.293 e. The zero-order valence-electron chi connectivity index (χ0n) is 16.4. The van der Waals surface area contributed by atoms with E-state index in [1.54, 1.807) is 11.3 Å². The zero-order chi connectivity index (χ0) is 21.0. The number of likely N-dealkylation sites (N-methyl/N-ethyl adjacent to an activating group) is 1. The predicted octanol–water partition coefficient (Wildman–Crippen LogP) is 1.96. The Balaban J connectivity index is 1.83. The van der Waals surface area contributed by atoms with Crippen molar-refractivity contribution in [3.8, 4) is 0 Å². The van der Waals surface area contributed by atoms with Crippen molar-refractivity contribution in [2.24, 2.45) is 0 Å². The summed E-state index contributed by atoms with van der Waals surface area (Å²) in [6.07, 6.45) is 0. The minimum absolute atomic E-state index is 0.0871. The molecule has 1 atom stereocenters. The van der Waals surface area contributed by atoms with Crippen molar-refractivity contribution >= 4 is 32.7 Å². The lowest BCUT2D eigenvalue weighted by Gasteiger charge is -2.37. The van der Waals surface area contributed by atoms with Gasteiger partial charge in [-0.3, -0.25) is 15.0 Å². The monoisotopic (exact) mass is 439 g/mol. The third kappa shape index (κ3) is 5.11. The molecule has 1 aliphatic rings. The number of nitro groups is 1. The summed E-state index contributed by atoms with van der Waals surface area (Å²) >= 11 is 1.66. The molecule has 0 amide bonds. The van der Waals surface area contributed by atoms with Gasteiger partial charge in [-0.25, -0.2) is 13.1 Å². The van der Waals surface area contributed by atoms with Crippen molar-refractivity contribution in [3.63, 3.8) is 0 Å². The van der Waals surface area contributed by atoms with Gasteiger partial charge in [-0.05, 0) is 37.7 Å². The van der Waals surface area contributed by atoms with Gasteiger partial charge >= 0.3 is 0 Å². The van der Waals surface area contributed by atoms with Gasteiger partial charge in [0, 0.05) is 43.7 Å². The fraction of sp³-hybridized carbons (Fsp3) is 0.444. The molecule has 1 unspecified atom stereocenters. The maximum absolute atomic E-state index is 12.0. The van der Waals surface area contributed by atoms with Crippen LogP contribution in [0.3, 0.4) is 0 Å². The Kier molecular flexibility index (Phi) is 6.85. The summed E-state index contributed by atoms with van der Waals surface area (Å²) in [7, 11) is -0.384. The number of nitrogens with zero attached hydrogens (tertiary/aromatic N) is 3. The van der Waals surface area contributed by atoms with Crippen LogP contribution in [0.2, 0.25) is 0 Å². The molecule has 9 nitrogen and oxygen atoms in total. The van der Waals surface area contributed by atoms with E-state index in [-0.39, 0.29) is 16.6 Å². The summed E-state index contributed by atoms with van der Waals surface area (Å²) in [5.74, 6) is 0. The van der Waals surface area contributed by atoms with E-state index in [0.29, 0.717) is 12.2 Å². The molecule has 11 heteroatoms. The van der Waals surface area contributed by atoms with Crippen LogP contribution in [0.5, 0.6) is 0 Å². The Bertz CT molecular complexity index is 941. The van der Waals surface area contributed by atoms with E-state index >= 15 is 0 Å². The number of hydrogen-bond donors (Lipinski definition) is 2. The highest BCUT2D eigenvalue weighted by Crippen LogP contribution is 2.31. The van der Waals surface area contributed by atoms with Gasteiger partial charge in [-0.15, -0.1) is 11.3 Å². The van der Waals surface area contributed by atoms with Crippen molar-refractivity contribution < 1.29 is 13.3 Å². The van der Waals surface area contributed by atoms with Gasteiger partial charge in [0.25, 0.3) is 5.69 Å². The van der Waals surface area contributed by atoms with E-state index in [0.717, 1.165) is 32.2 Å². The lowest BCUT2D eigenvalue weighted by Crippen LogP contribution is -2.47. The van der Waals surface area contributed by atoms with Gasteiger partial charge < -0.3 is 10.2 Å². The van der Waals surface area contributed by atoms with Crippen molar-refractivity contribution in [3.05, 3.63) is 50.7 Å². The molecule has 2 heterocycles. The van der Waals surface area contributed by atoms with Crippen LogP contribution in [0.4, 0.5) is 11.4 Å². The molecule has 1 aromatic carbocycles. The third-order valence-corrected chi connectivity index (χ3v) is 7.47. The Labute approximate surface area is 174 Å². The number of nitro benzene ring substituents is 1. The Hall–Kier alpha value is -2.05. The Morgan fingerprint density at radius 2 is 1.97 bits per heavy atom. The zero-order valence-corrected chi connectivity index (χ0v) is 18.0. The molecule has 29 heavy (non-hydrogen) atoms. The number of piperazine rings is 1. The summed E-state index contributed by atoms with van der Waals surface area (Å²) in [6.45, 7) is 4.27. The summed E-state index contributed by atoms with van der Waals surface area (Å²) in [5.41, 5.74) is 0.0466. The molecule has 3 rings (SSSR count). The number of sulfonamides is 1.